The van der Waals surface area contributed by atoms with Gasteiger partial charge >= 0.3 is 6.18 Å². The molecule has 0 saturated heterocycles. The zero-order valence-corrected chi connectivity index (χ0v) is 11.6. The normalized spacial score (nSPS) is 11.7. The lowest BCUT2D eigenvalue weighted by molar-refractivity contribution is -0.153. The summed E-state index contributed by atoms with van der Waals surface area (Å²) < 4.78 is 111. The summed E-state index contributed by atoms with van der Waals surface area (Å²) in [6.45, 7) is -2.21. The van der Waals surface area contributed by atoms with Crippen LogP contribution in [0.5, 0.6) is 5.75 Å². The maximum absolute atomic E-state index is 14.2. The molecule has 2 aromatic carbocycles. The van der Waals surface area contributed by atoms with E-state index in [0.29, 0.717) is 0 Å². The lowest BCUT2D eigenvalue weighted by Gasteiger charge is -2.16. The Kier molecular flexibility index (Phi) is 4.69. The van der Waals surface area contributed by atoms with Crippen LogP contribution in [0.2, 0.25) is 0 Å². The van der Waals surface area contributed by atoms with E-state index in [1.165, 1.54) is 0 Å². The molecule has 0 saturated carbocycles. The minimum absolute atomic E-state index is 0.534. The fourth-order valence-corrected chi connectivity index (χ4v) is 2.06. The minimum Gasteiger partial charge on any atom is -0.480 e. The molecule has 0 N–H and O–H groups in total. The van der Waals surface area contributed by atoms with Crippen molar-refractivity contribution in [1.29, 1.82) is 0 Å². The predicted octanol–water partition coefficient (Wildman–Crippen LogP) is 4.10. The van der Waals surface area contributed by atoms with E-state index in [2.05, 4.69) is 4.74 Å². The molecule has 0 unspecified atom stereocenters. The third kappa shape index (κ3) is 3.01. The Morgan fingerprint density at radius 1 is 0.720 bits per heavy atom. The quantitative estimate of drug-likeness (QED) is 0.461. The average Bonchev–Trinajstić information content (AvgIpc) is 2.51. The van der Waals surface area contributed by atoms with Gasteiger partial charge < -0.3 is 4.74 Å². The predicted molar refractivity (Wildman–Crippen MR) is 66.1 cm³/mol. The van der Waals surface area contributed by atoms with E-state index in [1.54, 1.807) is 0 Å². The van der Waals surface area contributed by atoms with Crippen LogP contribution in [0.3, 0.4) is 0 Å². The molecule has 0 heterocycles. The molecule has 2 aromatic rings. The Balaban J connectivity index is 3.01. The Labute approximate surface area is 132 Å². The molecule has 11 heteroatoms. The molecular weight excluding hydrogens is 368 g/mol. The van der Waals surface area contributed by atoms with Crippen molar-refractivity contribution in [2.45, 2.75) is 6.18 Å². The van der Waals surface area contributed by atoms with Gasteiger partial charge in [-0.15, -0.1) is 0 Å². The SMILES string of the molecule is O=Cc1c(F)c(OCC(F)(F)F)c2c(F)c(C=O)c(F)c(F)c2c1F. The van der Waals surface area contributed by atoms with E-state index in [1.807, 2.05) is 0 Å². The van der Waals surface area contributed by atoms with Crippen LogP contribution in [0.1, 0.15) is 20.7 Å². The number of carbonyl (C=O) groups excluding carboxylic acids is 2. The highest BCUT2D eigenvalue weighted by molar-refractivity contribution is 5.98. The lowest BCUT2D eigenvalue weighted by atomic mass is 10.00. The van der Waals surface area contributed by atoms with Crippen LogP contribution in [0, 0.1) is 29.1 Å². The molecule has 2 rings (SSSR count). The average molecular weight is 372 g/mol. The minimum atomic E-state index is -5.06. The number of carbonyl (C=O) groups is 2. The van der Waals surface area contributed by atoms with Gasteiger partial charge in [-0.2, -0.15) is 13.2 Å². The van der Waals surface area contributed by atoms with Crippen molar-refractivity contribution in [3.8, 4) is 5.75 Å². The number of halogens is 8. The molecule has 0 aliphatic carbocycles. The topological polar surface area (TPSA) is 43.4 Å². The van der Waals surface area contributed by atoms with Crippen molar-refractivity contribution in [1.82, 2.24) is 0 Å². The van der Waals surface area contributed by atoms with Crippen LogP contribution in [0.4, 0.5) is 35.1 Å². The molecule has 134 valence electrons. The zero-order chi connectivity index (χ0) is 19.1. The van der Waals surface area contributed by atoms with Gasteiger partial charge in [-0.05, 0) is 0 Å². The van der Waals surface area contributed by atoms with Crippen molar-refractivity contribution in [3.63, 3.8) is 0 Å². The van der Waals surface area contributed by atoms with Gasteiger partial charge in [0.1, 0.15) is 11.6 Å². The smallest absolute Gasteiger partial charge is 0.422 e. The van der Waals surface area contributed by atoms with Gasteiger partial charge in [0.25, 0.3) is 0 Å². The maximum Gasteiger partial charge on any atom is 0.422 e. The molecule has 25 heavy (non-hydrogen) atoms. The summed E-state index contributed by atoms with van der Waals surface area (Å²) in [6, 6.07) is 0. The van der Waals surface area contributed by atoms with Crippen molar-refractivity contribution in [2.75, 3.05) is 6.61 Å². The lowest BCUT2D eigenvalue weighted by Crippen LogP contribution is -2.20. The van der Waals surface area contributed by atoms with Crippen molar-refractivity contribution in [3.05, 3.63) is 40.2 Å². The van der Waals surface area contributed by atoms with Crippen LogP contribution in [0.15, 0.2) is 0 Å². The van der Waals surface area contributed by atoms with Crippen LogP contribution in [0.25, 0.3) is 10.8 Å². The number of alkyl halides is 3. The molecule has 0 aliphatic heterocycles. The summed E-state index contributed by atoms with van der Waals surface area (Å²) in [5.41, 5.74) is -3.21. The second-order valence-corrected chi connectivity index (χ2v) is 4.62. The molecule has 0 aromatic heterocycles. The summed E-state index contributed by atoms with van der Waals surface area (Å²) in [7, 11) is 0. The fourth-order valence-electron chi connectivity index (χ4n) is 2.06. The van der Waals surface area contributed by atoms with Gasteiger partial charge in [-0.25, -0.2) is 22.0 Å². The van der Waals surface area contributed by atoms with Crippen LogP contribution in [-0.4, -0.2) is 25.4 Å². The molecule has 0 aliphatic rings. The first-order valence-corrected chi connectivity index (χ1v) is 6.16. The Morgan fingerprint density at radius 3 is 1.68 bits per heavy atom. The number of ether oxygens (including phenoxy) is 1. The Hall–Kier alpha value is -2.72. The highest BCUT2D eigenvalue weighted by atomic mass is 19.4. The van der Waals surface area contributed by atoms with E-state index in [9.17, 15) is 44.7 Å². The molecule has 0 radical (unpaired) electrons. The number of hydrogen-bond acceptors (Lipinski definition) is 3. The molecule has 0 fully saturated rings. The second kappa shape index (κ2) is 6.30. The second-order valence-electron chi connectivity index (χ2n) is 4.62. The summed E-state index contributed by atoms with van der Waals surface area (Å²) in [4.78, 5) is 21.4. The van der Waals surface area contributed by atoms with Gasteiger partial charge in [-0.1, -0.05) is 0 Å². The maximum atomic E-state index is 14.2. The zero-order valence-electron chi connectivity index (χ0n) is 11.6. The highest BCUT2D eigenvalue weighted by Crippen LogP contribution is 2.39. The Morgan fingerprint density at radius 2 is 1.20 bits per heavy atom. The van der Waals surface area contributed by atoms with Crippen LogP contribution < -0.4 is 4.74 Å². The van der Waals surface area contributed by atoms with E-state index in [0.717, 1.165) is 0 Å². The number of rotatable bonds is 4. The number of fused-ring (bicyclic) bond motifs is 1. The first kappa shape index (κ1) is 18.6. The van der Waals surface area contributed by atoms with Gasteiger partial charge in [0.2, 0.25) is 0 Å². The monoisotopic (exact) mass is 372 g/mol. The molecule has 0 bridgehead atoms. The standard InChI is InChI=1S/C14H4F8O3/c15-8-5(2-24)11(18)13(25-3-14(20,21)22)7-6(8)12(19)10(17)4(1-23)9(7)16/h1-2H,3H2. The van der Waals surface area contributed by atoms with E-state index in [-0.39, 0.29) is 0 Å². The number of benzene rings is 2. The fraction of sp³-hybridized carbons (Fsp3) is 0.143. The van der Waals surface area contributed by atoms with Gasteiger partial charge in [0.05, 0.1) is 21.9 Å². The van der Waals surface area contributed by atoms with Crippen molar-refractivity contribution in [2.24, 2.45) is 0 Å². The summed E-state index contributed by atoms with van der Waals surface area (Å²) in [5, 5.41) is -3.24. The number of aldehydes is 2. The van der Waals surface area contributed by atoms with E-state index < -0.39 is 82.1 Å². The molecule has 0 atom stereocenters. The van der Waals surface area contributed by atoms with Crippen molar-refractivity contribution < 1.29 is 49.4 Å². The molecule has 0 spiro atoms. The summed E-state index contributed by atoms with van der Waals surface area (Å²) in [6.07, 6.45) is -6.13. The van der Waals surface area contributed by atoms with Crippen LogP contribution in [-0.2, 0) is 0 Å². The molecule has 0 amide bonds. The van der Waals surface area contributed by atoms with E-state index in [4.69, 9.17) is 0 Å². The Bertz CT molecular complexity index is 889. The first-order chi connectivity index (χ1) is 11.5. The van der Waals surface area contributed by atoms with Gasteiger partial charge in [0.15, 0.2) is 42.4 Å². The third-order valence-electron chi connectivity index (χ3n) is 3.09. The third-order valence-corrected chi connectivity index (χ3v) is 3.09. The summed E-state index contributed by atoms with van der Waals surface area (Å²) in [5.74, 6) is -12.2. The van der Waals surface area contributed by atoms with Gasteiger partial charge in [-0.3, -0.25) is 9.59 Å². The highest BCUT2D eigenvalue weighted by Gasteiger charge is 2.34. The number of hydrogen-bond donors (Lipinski definition) is 0. The van der Waals surface area contributed by atoms with Crippen molar-refractivity contribution >= 4 is 23.3 Å². The largest absolute Gasteiger partial charge is 0.480 e. The van der Waals surface area contributed by atoms with Crippen LogP contribution >= 0.6 is 0 Å². The van der Waals surface area contributed by atoms with E-state index >= 15 is 0 Å². The first-order valence-electron chi connectivity index (χ1n) is 6.16. The van der Waals surface area contributed by atoms with Gasteiger partial charge in [0, 0.05) is 0 Å². The molecule has 3 nitrogen and oxygen atoms in total. The summed E-state index contributed by atoms with van der Waals surface area (Å²) >= 11 is 0. The molecular formula is C14H4F8O3.